The Kier molecular flexibility index (Phi) is 3.23. The van der Waals surface area contributed by atoms with Crippen LogP contribution in [0.4, 0.5) is 0 Å². The molecule has 1 aromatic carbocycles. The van der Waals surface area contributed by atoms with Crippen molar-refractivity contribution in [2.75, 3.05) is 6.26 Å². The maximum absolute atomic E-state index is 9.36. The van der Waals surface area contributed by atoms with Crippen molar-refractivity contribution in [3.63, 3.8) is 0 Å². The Labute approximate surface area is 115 Å². The average Bonchev–Trinajstić information content (AvgIpc) is 2.91. The van der Waals surface area contributed by atoms with Gasteiger partial charge in [-0.25, -0.2) is 9.97 Å². The molecule has 1 N–H and O–H groups in total. The van der Waals surface area contributed by atoms with Crippen LogP contribution in [0.1, 0.15) is 5.56 Å². The van der Waals surface area contributed by atoms with E-state index in [2.05, 4.69) is 9.97 Å². The van der Waals surface area contributed by atoms with Crippen LogP contribution in [0.15, 0.2) is 47.9 Å². The molecule has 4 nitrogen and oxygen atoms in total. The first-order valence-corrected chi connectivity index (χ1v) is 7.13. The van der Waals surface area contributed by atoms with E-state index < -0.39 is 0 Å². The van der Waals surface area contributed by atoms with Gasteiger partial charge in [-0.3, -0.25) is 0 Å². The summed E-state index contributed by atoms with van der Waals surface area (Å²) in [5.74, 6) is 0.837. The second-order valence-electron chi connectivity index (χ2n) is 4.10. The van der Waals surface area contributed by atoms with E-state index in [1.807, 2.05) is 47.4 Å². The molecule has 0 unspecified atom stereocenters. The van der Waals surface area contributed by atoms with E-state index in [4.69, 9.17) is 0 Å². The first-order chi connectivity index (χ1) is 9.33. The quantitative estimate of drug-likeness (QED) is 0.587. The van der Waals surface area contributed by atoms with Crippen molar-refractivity contribution >= 4 is 22.7 Å². The van der Waals surface area contributed by atoms with Crippen molar-refractivity contribution in [2.24, 2.45) is 0 Å². The van der Waals surface area contributed by atoms with E-state index in [0.29, 0.717) is 0 Å². The molecular weight excluding hydrogens is 258 g/mol. The highest BCUT2D eigenvalue weighted by Gasteiger charge is 2.07. The molecule has 96 valence electrons. The summed E-state index contributed by atoms with van der Waals surface area (Å²) in [4.78, 5) is 8.67. The molecular formula is C14H13N3OS. The van der Waals surface area contributed by atoms with Crippen LogP contribution in [-0.4, -0.2) is 25.9 Å². The van der Waals surface area contributed by atoms with Crippen LogP contribution in [0, 0.1) is 0 Å². The van der Waals surface area contributed by atoms with Crippen molar-refractivity contribution in [1.29, 1.82) is 0 Å². The van der Waals surface area contributed by atoms with E-state index in [-0.39, 0.29) is 6.61 Å². The molecule has 0 aliphatic rings. The Bertz CT molecular complexity index is 724. The average molecular weight is 271 g/mol. The molecule has 0 atom stereocenters. The molecule has 0 amide bonds. The molecule has 2 heterocycles. The fourth-order valence-electron chi connectivity index (χ4n) is 2.13. The van der Waals surface area contributed by atoms with Gasteiger partial charge in [-0.1, -0.05) is 23.9 Å². The molecule has 0 spiro atoms. The normalized spacial score (nSPS) is 11.1. The maximum atomic E-state index is 9.36. The summed E-state index contributed by atoms with van der Waals surface area (Å²) in [5, 5.41) is 11.2. The number of thioether (sulfide) groups is 1. The minimum Gasteiger partial charge on any atom is -0.392 e. The number of hydrogen-bond donors (Lipinski definition) is 1. The largest absolute Gasteiger partial charge is 0.392 e. The zero-order chi connectivity index (χ0) is 13.2. The van der Waals surface area contributed by atoms with Gasteiger partial charge in [0.1, 0.15) is 5.82 Å². The standard InChI is InChI=1S/C14H13N3OS/c1-19-14-15-7-5-13(16-14)17-8-6-11-10(9-18)3-2-4-12(11)17/h2-8,18H,9H2,1H3. The molecule has 0 aliphatic carbocycles. The van der Waals surface area contributed by atoms with Gasteiger partial charge in [0.2, 0.25) is 0 Å². The third kappa shape index (κ3) is 2.11. The second kappa shape index (κ2) is 5.03. The van der Waals surface area contributed by atoms with Crippen LogP contribution < -0.4 is 0 Å². The third-order valence-corrected chi connectivity index (χ3v) is 3.60. The lowest BCUT2D eigenvalue weighted by atomic mass is 10.1. The van der Waals surface area contributed by atoms with E-state index in [9.17, 15) is 5.11 Å². The Balaban J connectivity index is 2.20. The molecule has 0 saturated heterocycles. The summed E-state index contributed by atoms with van der Waals surface area (Å²) in [6, 6.07) is 9.78. The van der Waals surface area contributed by atoms with E-state index in [1.54, 1.807) is 6.20 Å². The van der Waals surface area contributed by atoms with Crippen molar-refractivity contribution in [1.82, 2.24) is 14.5 Å². The number of benzene rings is 1. The smallest absolute Gasteiger partial charge is 0.189 e. The highest BCUT2D eigenvalue weighted by atomic mass is 32.2. The summed E-state index contributed by atoms with van der Waals surface area (Å²) in [7, 11) is 0. The van der Waals surface area contributed by atoms with Gasteiger partial charge >= 0.3 is 0 Å². The SMILES string of the molecule is CSc1nccc(-n2ccc3c(CO)cccc32)n1. The molecule has 3 aromatic rings. The monoisotopic (exact) mass is 271 g/mol. The number of aromatic nitrogens is 3. The van der Waals surface area contributed by atoms with Crippen molar-refractivity contribution < 1.29 is 5.11 Å². The van der Waals surface area contributed by atoms with Gasteiger partial charge in [-0.05, 0) is 30.0 Å². The lowest BCUT2D eigenvalue weighted by molar-refractivity contribution is 0.283. The first-order valence-electron chi connectivity index (χ1n) is 5.90. The molecule has 0 aliphatic heterocycles. The van der Waals surface area contributed by atoms with E-state index in [0.717, 1.165) is 27.4 Å². The summed E-state index contributed by atoms with van der Waals surface area (Å²) in [5.41, 5.74) is 1.97. The number of aliphatic hydroxyl groups excluding tert-OH is 1. The fourth-order valence-corrected chi connectivity index (χ4v) is 2.48. The fraction of sp³-hybridized carbons (Fsp3) is 0.143. The van der Waals surface area contributed by atoms with Crippen LogP contribution in [0.5, 0.6) is 0 Å². The van der Waals surface area contributed by atoms with Crippen LogP contribution >= 0.6 is 11.8 Å². The summed E-state index contributed by atoms with van der Waals surface area (Å²) >= 11 is 1.52. The molecule has 3 rings (SSSR count). The molecule has 5 heteroatoms. The van der Waals surface area contributed by atoms with Gasteiger partial charge in [-0.15, -0.1) is 0 Å². The van der Waals surface area contributed by atoms with Crippen molar-refractivity contribution in [3.05, 3.63) is 48.3 Å². The summed E-state index contributed by atoms with van der Waals surface area (Å²) in [6.45, 7) is 0.0428. The Morgan fingerprint density at radius 1 is 1.26 bits per heavy atom. The highest BCUT2D eigenvalue weighted by Crippen LogP contribution is 2.23. The Morgan fingerprint density at radius 3 is 2.95 bits per heavy atom. The molecule has 0 saturated carbocycles. The summed E-state index contributed by atoms with van der Waals surface area (Å²) < 4.78 is 2.01. The topological polar surface area (TPSA) is 50.9 Å². The number of rotatable bonds is 3. The van der Waals surface area contributed by atoms with E-state index >= 15 is 0 Å². The van der Waals surface area contributed by atoms with Gasteiger partial charge < -0.3 is 9.67 Å². The molecule has 19 heavy (non-hydrogen) atoms. The maximum Gasteiger partial charge on any atom is 0.189 e. The number of aliphatic hydroxyl groups is 1. The molecule has 0 fully saturated rings. The van der Waals surface area contributed by atoms with Gasteiger partial charge in [0.25, 0.3) is 0 Å². The lowest BCUT2D eigenvalue weighted by Crippen LogP contribution is -1.98. The van der Waals surface area contributed by atoms with Gasteiger partial charge in [-0.2, -0.15) is 0 Å². The minimum atomic E-state index is 0.0428. The van der Waals surface area contributed by atoms with Crippen LogP contribution in [0.25, 0.3) is 16.7 Å². The van der Waals surface area contributed by atoms with Crippen molar-refractivity contribution in [3.8, 4) is 5.82 Å². The van der Waals surface area contributed by atoms with Crippen LogP contribution in [-0.2, 0) is 6.61 Å². The predicted octanol–water partition coefficient (Wildman–Crippen LogP) is 2.63. The van der Waals surface area contributed by atoms with E-state index in [1.165, 1.54) is 11.8 Å². The van der Waals surface area contributed by atoms with Gasteiger partial charge in [0, 0.05) is 17.8 Å². The first kappa shape index (κ1) is 12.2. The molecule has 0 radical (unpaired) electrons. The Hall–Kier alpha value is -1.85. The zero-order valence-corrected chi connectivity index (χ0v) is 11.3. The highest BCUT2D eigenvalue weighted by molar-refractivity contribution is 7.98. The van der Waals surface area contributed by atoms with Gasteiger partial charge in [0.05, 0.1) is 12.1 Å². The number of nitrogens with zero attached hydrogens (tertiary/aromatic N) is 3. The second-order valence-corrected chi connectivity index (χ2v) is 4.87. The number of fused-ring (bicyclic) bond motifs is 1. The summed E-state index contributed by atoms with van der Waals surface area (Å²) in [6.07, 6.45) is 5.68. The molecule has 2 aromatic heterocycles. The number of hydrogen-bond acceptors (Lipinski definition) is 4. The van der Waals surface area contributed by atoms with Crippen LogP contribution in [0.2, 0.25) is 0 Å². The van der Waals surface area contributed by atoms with Crippen LogP contribution in [0.3, 0.4) is 0 Å². The third-order valence-electron chi connectivity index (χ3n) is 3.04. The lowest BCUT2D eigenvalue weighted by Gasteiger charge is -2.06. The van der Waals surface area contributed by atoms with Gasteiger partial charge in [0.15, 0.2) is 5.16 Å². The predicted molar refractivity (Wildman–Crippen MR) is 76.6 cm³/mol. The molecule has 0 bridgehead atoms. The van der Waals surface area contributed by atoms with Crippen molar-refractivity contribution in [2.45, 2.75) is 11.8 Å². The minimum absolute atomic E-state index is 0.0428. The Morgan fingerprint density at radius 2 is 2.16 bits per heavy atom. The zero-order valence-electron chi connectivity index (χ0n) is 10.4.